The van der Waals surface area contributed by atoms with Gasteiger partial charge in [-0.25, -0.2) is 9.07 Å². The van der Waals surface area contributed by atoms with E-state index in [2.05, 4.69) is 15.3 Å². The highest BCUT2D eigenvalue weighted by Gasteiger charge is 2.40. The number of fused-ring (bicyclic) bond motifs is 1. The average Bonchev–Trinajstić information content (AvgIpc) is 3.28. The SMILES string of the molecule is Cc1cc(Oc2ccc(-c3cn(C4CCc5c(F)cccc5N(CC(F)(F)F)C4=O)nn3)cc2)cc(C)n1. The first kappa shape index (κ1) is 25.4. The Morgan fingerprint density at radius 2 is 1.74 bits per heavy atom. The van der Waals surface area contributed by atoms with Crippen molar-refractivity contribution in [1.29, 1.82) is 0 Å². The quantitative estimate of drug-likeness (QED) is 0.300. The number of pyridine rings is 1. The molecule has 0 fully saturated rings. The van der Waals surface area contributed by atoms with Crippen molar-refractivity contribution in [2.75, 3.05) is 11.4 Å². The number of aryl methyl sites for hydroxylation is 2. The normalized spacial score (nSPS) is 15.8. The zero-order chi connectivity index (χ0) is 27.0. The summed E-state index contributed by atoms with van der Waals surface area (Å²) in [6.07, 6.45) is -3.02. The molecule has 2 aromatic carbocycles. The van der Waals surface area contributed by atoms with E-state index in [9.17, 15) is 22.4 Å². The lowest BCUT2D eigenvalue weighted by Crippen LogP contribution is -2.42. The minimum Gasteiger partial charge on any atom is -0.457 e. The third-order valence-electron chi connectivity index (χ3n) is 6.21. The molecule has 1 aliphatic rings. The van der Waals surface area contributed by atoms with E-state index in [1.165, 1.54) is 29.1 Å². The van der Waals surface area contributed by atoms with Crippen molar-refractivity contribution in [3.63, 3.8) is 0 Å². The second-order valence-corrected chi connectivity index (χ2v) is 9.13. The van der Waals surface area contributed by atoms with Crippen LogP contribution in [0.5, 0.6) is 11.5 Å². The van der Waals surface area contributed by atoms with Crippen molar-refractivity contribution in [1.82, 2.24) is 20.0 Å². The molecule has 2 aromatic heterocycles. The van der Waals surface area contributed by atoms with Crippen molar-refractivity contribution in [2.24, 2.45) is 0 Å². The second kappa shape index (κ2) is 9.88. The number of hydrogen-bond acceptors (Lipinski definition) is 5. The van der Waals surface area contributed by atoms with Crippen LogP contribution in [0.1, 0.15) is 29.4 Å². The maximum Gasteiger partial charge on any atom is 0.406 e. The number of aromatic nitrogens is 4. The number of ether oxygens (including phenoxy) is 1. The number of amides is 1. The van der Waals surface area contributed by atoms with Crippen LogP contribution >= 0.6 is 0 Å². The number of rotatable bonds is 5. The molecule has 1 atom stereocenters. The van der Waals surface area contributed by atoms with Crippen LogP contribution < -0.4 is 9.64 Å². The number of hydrogen-bond donors (Lipinski definition) is 0. The molecule has 1 aliphatic heterocycles. The highest BCUT2D eigenvalue weighted by Crippen LogP contribution is 2.35. The molecular weight excluding hydrogens is 502 g/mol. The molecule has 1 amide bonds. The second-order valence-electron chi connectivity index (χ2n) is 9.13. The first-order chi connectivity index (χ1) is 18.1. The van der Waals surface area contributed by atoms with Crippen molar-refractivity contribution < 1.29 is 27.1 Å². The molecule has 1 unspecified atom stereocenters. The Morgan fingerprint density at radius 1 is 1.03 bits per heavy atom. The third kappa shape index (κ3) is 5.36. The van der Waals surface area contributed by atoms with Gasteiger partial charge in [0.1, 0.15) is 35.6 Å². The lowest BCUT2D eigenvalue weighted by molar-refractivity contribution is -0.134. The van der Waals surface area contributed by atoms with Crippen molar-refractivity contribution in [3.05, 3.63) is 83.6 Å². The van der Waals surface area contributed by atoms with Gasteiger partial charge >= 0.3 is 6.18 Å². The number of anilines is 1. The predicted octanol–water partition coefficient (Wildman–Crippen LogP) is 5.97. The molecule has 196 valence electrons. The fourth-order valence-corrected chi connectivity index (χ4v) is 4.58. The van der Waals surface area contributed by atoms with Crippen molar-refractivity contribution >= 4 is 11.6 Å². The summed E-state index contributed by atoms with van der Waals surface area (Å²) in [7, 11) is 0. The summed E-state index contributed by atoms with van der Waals surface area (Å²) in [5.74, 6) is -0.231. The summed E-state index contributed by atoms with van der Waals surface area (Å²) in [4.78, 5) is 18.2. The molecule has 0 saturated carbocycles. The lowest BCUT2D eigenvalue weighted by atomic mass is 10.1. The molecule has 4 aromatic rings. The Balaban J connectivity index is 1.39. The molecule has 0 radical (unpaired) electrons. The summed E-state index contributed by atoms with van der Waals surface area (Å²) in [6.45, 7) is 2.23. The Kier molecular flexibility index (Phi) is 6.60. The molecule has 7 nitrogen and oxygen atoms in total. The summed E-state index contributed by atoms with van der Waals surface area (Å²) < 4.78 is 61.7. The van der Waals surface area contributed by atoms with E-state index in [4.69, 9.17) is 4.74 Å². The van der Waals surface area contributed by atoms with Crippen LogP contribution in [-0.2, 0) is 11.2 Å². The maximum atomic E-state index is 14.5. The fraction of sp³-hybridized carbons (Fsp3) is 0.259. The van der Waals surface area contributed by atoms with Gasteiger partial charge in [0.2, 0.25) is 0 Å². The number of halogens is 4. The smallest absolute Gasteiger partial charge is 0.406 e. The van der Waals surface area contributed by atoms with Crippen LogP contribution in [-0.4, -0.2) is 38.6 Å². The van der Waals surface area contributed by atoms with Gasteiger partial charge in [-0.3, -0.25) is 9.78 Å². The van der Waals surface area contributed by atoms with Crippen LogP contribution in [0, 0.1) is 19.7 Å². The van der Waals surface area contributed by atoms with Gasteiger partial charge in [-0.15, -0.1) is 5.10 Å². The molecular formula is C27H23F4N5O2. The van der Waals surface area contributed by atoms with Gasteiger partial charge in [-0.05, 0) is 63.1 Å². The van der Waals surface area contributed by atoms with E-state index in [-0.39, 0.29) is 24.1 Å². The predicted molar refractivity (Wildman–Crippen MR) is 131 cm³/mol. The topological polar surface area (TPSA) is 73.1 Å². The molecule has 0 aliphatic carbocycles. The Labute approximate surface area is 215 Å². The highest BCUT2D eigenvalue weighted by molar-refractivity contribution is 5.97. The largest absolute Gasteiger partial charge is 0.457 e. The minimum atomic E-state index is -4.67. The van der Waals surface area contributed by atoms with E-state index >= 15 is 0 Å². The van der Waals surface area contributed by atoms with E-state index in [0.717, 1.165) is 11.4 Å². The standard InChI is InChI=1S/C27H23F4N5O2/c1-16-12-20(13-17(2)32-16)38-19-8-6-18(7-9-19)23-14-36(34-33-23)25-11-10-21-22(28)4-3-5-24(21)35(26(25)37)15-27(29,30)31/h3-9,12-14,25H,10-11,15H2,1-2H3. The first-order valence-corrected chi connectivity index (χ1v) is 11.9. The van der Waals surface area contributed by atoms with Crippen LogP contribution in [0.2, 0.25) is 0 Å². The molecule has 0 spiro atoms. The molecule has 38 heavy (non-hydrogen) atoms. The summed E-state index contributed by atoms with van der Waals surface area (Å²) in [5, 5.41) is 8.17. The molecule has 0 bridgehead atoms. The zero-order valence-electron chi connectivity index (χ0n) is 20.5. The van der Waals surface area contributed by atoms with Gasteiger partial charge in [0.15, 0.2) is 0 Å². The molecule has 3 heterocycles. The maximum absolute atomic E-state index is 14.5. The van der Waals surface area contributed by atoms with Gasteiger partial charge in [0.25, 0.3) is 5.91 Å². The monoisotopic (exact) mass is 525 g/mol. The average molecular weight is 526 g/mol. The van der Waals surface area contributed by atoms with Crippen LogP contribution in [0.4, 0.5) is 23.2 Å². The van der Waals surface area contributed by atoms with E-state index in [1.54, 1.807) is 24.3 Å². The van der Waals surface area contributed by atoms with E-state index < -0.39 is 30.5 Å². The van der Waals surface area contributed by atoms with Crippen molar-refractivity contribution in [3.8, 4) is 22.8 Å². The van der Waals surface area contributed by atoms with Gasteiger partial charge in [-0.1, -0.05) is 11.3 Å². The van der Waals surface area contributed by atoms with Gasteiger partial charge in [-0.2, -0.15) is 13.2 Å². The first-order valence-electron chi connectivity index (χ1n) is 11.9. The van der Waals surface area contributed by atoms with Gasteiger partial charge < -0.3 is 9.64 Å². The van der Waals surface area contributed by atoms with Crippen LogP contribution in [0.3, 0.4) is 0 Å². The Morgan fingerprint density at radius 3 is 2.42 bits per heavy atom. The van der Waals surface area contributed by atoms with Gasteiger partial charge in [0.05, 0.1) is 11.9 Å². The summed E-state index contributed by atoms with van der Waals surface area (Å²) in [6, 6.07) is 13.4. The fourth-order valence-electron chi connectivity index (χ4n) is 4.58. The van der Waals surface area contributed by atoms with Crippen LogP contribution in [0.25, 0.3) is 11.3 Å². The molecule has 11 heteroatoms. The molecule has 0 saturated heterocycles. The van der Waals surface area contributed by atoms with Crippen LogP contribution in [0.15, 0.2) is 60.8 Å². The number of carbonyl (C=O) groups excluding carboxylic acids is 1. The number of nitrogens with zero attached hydrogens (tertiary/aromatic N) is 5. The third-order valence-corrected chi connectivity index (χ3v) is 6.21. The van der Waals surface area contributed by atoms with E-state index in [0.29, 0.717) is 27.7 Å². The Bertz CT molecular complexity index is 1460. The number of benzene rings is 2. The summed E-state index contributed by atoms with van der Waals surface area (Å²) in [5.41, 5.74) is 2.76. The minimum absolute atomic E-state index is 0.0709. The zero-order valence-corrected chi connectivity index (χ0v) is 20.5. The van der Waals surface area contributed by atoms with E-state index in [1.807, 2.05) is 26.0 Å². The number of carbonyl (C=O) groups is 1. The number of alkyl halides is 3. The summed E-state index contributed by atoms with van der Waals surface area (Å²) >= 11 is 0. The highest BCUT2D eigenvalue weighted by atomic mass is 19.4. The van der Waals surface area contributed by atoms with Crippen molar-refractivity contribution in [2.45, 2.75) is 38.9 Å². The lowest BCUT2D eigenvalue weighted by Gasteiger charge is -2.26. The Hall–Kier alpha value is -4.28. The van der Waals surface area contributed by atoms with Gasteiger partial charge in [0, 0.05) is 34.6 Å². The molecule has 0 N–H and O–H groups in total. The molecule has 5 rings (SSSR count).